The third kappa shape index (κ3) is 5.15. The molecule has 0 aliphatic heterocycles. The molecule has 2 aliphatic rings. The number of ether oxygens (including phenoxy) is 1. The molecule has 0 bridgehead atoms. The first-order valence-electron chi connectivity index (χ1n) is 11.0. The first kappa shape index (κ1) is 21.3. The Kier molecular flexibility index (Phi) is 6.82. The summed E-state index contributed by atoms with van der Waals surface area (Å²) in [4.78, 5) is 12.3. The van der Waals surface area contributed by atoms with Crippen LogP contribution in [0.4, 0.5) is 0 Å². The number of rotatable bonds is 6. The predicted octanol–water partition coefficient (Wildman–Crippen LogP) is 4.42. The monoisotopic (exact) mass is 387 g/mol. The van der Waals surface area contributed by atoms with Crippen LogP contribution in [0.15, 0.2) is 30.3 Å². The van der Waals surface area contributed by atoms with Gasteiger partial charge in [0.15, 0.2) is 0 Å². The second kappa shape index (κ2) is 8.96. The van der Waals surface area contributed by atoms with Gasteiger partial charge in [0.05, 0.1) is 6.54 Å². The smallest absolute Gasteiger partial charge is 0.320 e. The summed E-state index contributed by atoms with van der Waals surface area (Å²) in [6.45, 7) is 6.24. The van der Waals surface area contributed by atoms with Gasteiger partial charge in [0.1, 0.15) is 5.60 Å². The zero-order valence-electron chi connectivity index (χ0n) is 17.7. The first-order valence-corrected chi connectivity index (χ1v) is 11.0. The number of carbonyl (C=O) groups is 1. The highest BCUT2D eigenvalue weighted by atomic mass is 16.6. The van der Waals surface area contributed by atoms with E-state index in [0.717, 1.165) is 25.7 Å². The number of hydrogen-bond acceptors (Lipinski definition) is 4. The molecule has 156 valence electrons. The van der Waals surface area contributed by atoms with E-state index in [1.807, 2.05) is 20.8 Å². The van der Waals surface area contributed by atoms with Crippen LogP contribution in [0.2, 0.25) is 0 Å². The van der Waals surface area contributed by atoms with Crippen molar-refractivity contribution in [2.75, 3.05) is 13.2 Å². The van der Waals surface area contributed by atoms with Crippen molar-refractivity contribution in [1.82, 2.24) is 5.32 Å². The van der Waals surface area contributed by atoms with Gasteiger partial charge in [0.2, 0.25) is 0 Å². The minimum Gasteiger partial charge on any atom is -0.459 e. The maximum absolute atomic E-state index is 12.3. The van der Waals surface area contributed by atoms with Gasteiger partial charge in [0.25, 0.3) is 0 Å². The van der Waals surface area contributed by atoms with Crippen molar-refractivity contribution in [2.45, 2.75) is 82.8 Å². The normalized spacial score (nSPS) is 27.5. The average Bonchev–Trinajstić information content (AvgIpc) is 3.12. The molecule has 0 amide bonds. The molecular weight excluding hydrogens is 350 g/mol. The highest BCUT2D eigenvalue weighted by Gasteiger charge is 2.47. The molecule has 3 rings (SSSR count). The molecule has 0 unspecified atom stereocenters. The van der Waals surface area contributed by atoms with Crippen LogP contribution in [0.1, 0.15) is 77.2 Å². The fourth-order valence-electron chi connectivity index (χ4n) is 5.42. The second-order valence-corrected chi connectivity index (χ2v) is 9.78. The summed E-state index contributed by atoms with van der Waals surface area (Å²) in [6.07, 6.45) is 8.01. The van der Waals surface area contributed by atoms with Crippen molar-refractivity contribution >= 4 is 5.97 Å². The van der Waals surface area contributed by atoms with Gasteiger partial charge in [-0.15, -0.1) is 0 Å². The summed E-state index contributed by atoms with van der Waals surface area (Å²) >= 11 is 0. The van der Waals surface area contributed by atoms with E-state index in [9.17, 15) is 9.90 Å². The minimum absolute atomic E-state index is 0.00783. The van der Waals surface area contributed by atoms with Gasteiger partial charge in [-0.3, -0.25) is 4.79 Å². The van der Waals surface area contributed by atoms with Crippen LogP contribution >= 0.6 is 0 Å². The van der Waals surface area contributed by atoms with Crippen LogP contribution in [-0.2, 0) is 9.53 Å². The Morgan fingerprint density at radius 2 is 1.82 bits per heavy atom. The van der Waals surface area contributed by atoms with Crippen LogP contribution < -0.4 is 5.32 Å². The third-order valence-corrected chi connectivity index (χ3v) is 6.69. The summed E-state index contributed by atoms with van der Waals surface area (Å²) < 4.78 is 5.53. The topological polar surface area (TPSA) is 58.6 Å². The number of hydrogen-bond donors (Lipinski definition) is 2. The molecule has 4 nitrogen and oxygen atoms in total. The highest BCUT2D eigenvalue weighted by molar-refractivity contribution is 5.72. The van der Waals surface area contributed by atoms with Crippen LogP contribution in [0.5, 0.6) is 0 Å². The molecule has 0 saturated heterocycles. The van der Waals surface area contributed by atoms with Crippen LogP contribution in [0.3, 0.4) is 0 Å². The van der Waals surface area contributed by atoms with Crippen molar-refractivity contribution in [3.05, 3.63) is 35.9 Å². The lowest BCUT2D eigenvalue weighted by Gasteiger charge is -2.43. The van der Waals surface area contributed by atoms with Gasteiger partial charge in [-0.05, 0) is 69.8 Å². The number of nitrogens with one attached hydrogen (secondary N) is 1. The van der Waals surface area contributed by atoms with Gasteiger partial charge >= 0.3 is 5.97 Å². The minimum atomic E-state index is -0.452. The van der Waals surface area contributed by atoms with Crippen LogP contribution in [-0.4, -0.2) is 35.4 Å². The molecule has 1 aromatic rings. The molecule has 2 aliphatic carbocycles. The Balaban J connectivity index is 1.73. The third-order valence-electron chi connectivity index (χ3n) is 6.69. The summed E-state index contributed by atoms with van der Waals surface area (Å²) in [5, 5.41) is 13.7. The summed E-state index contributed by atoms with van der Waals surface area (Å²) in [7, 11) is 0. The van der Waals surface area contributed by atoms with Gasteiger partial charge < -0.3 is 15.2 Å². The molecule has 2 saturated carbocycles. The van der Waals surface area contributed by atoms with E-state index in [1.54, 1.807) is 0 Å². The quantitative estimate of drug-likeness (QED) is 0.709. The van der Waals surface area contributed by atoms with E-state index in [0.29, 0.717) is 17.8 Å². The molecule has 2 N–H and O–H groups in total. The Morgan fingerprint density at radius 1 is 1.14 bits per heavy atom. The lowest BCUT2D eigenvalue weighted by Crippen LogP contribution is -2.54. The molecule has 0 aromatic heterocycles. The number of benzene rings is 1. The highest BCUT2D eigenvalue weighted by Crippen LogP contribution is 2.50. The van der Waals surface area contributed by atoms with Crippen molar-refractivity contribution in [2.24, 2.45) is 11.8 Å². The molecule has 0 radical (unpaired) electrons. The molecule has 2 fully saturated rings. The van der Waals surface area contributed by atoms with Gasteiger partial charge in [0, 0.05) is 12.1 Å². The summed E-state index contributed by atoms with van der Waals surface area (Å²) in [5.41, 5.74) is 0.875. The zero-order chi connectivity index (χ0) is 20.2. The Morgan fingerprint density at radius 3 is 2.43 bits per heavy atom. The molecular formula is C24H37NO3. The van der Waals surface area contributed by atoms with E-state index < -0.39 is 5.60 Å². The van der Waals surface area contributed by atoms with Crippen LogP contribution in [0.25, 0.3) is 0 Å². The van der Waals surface area contributed by atoms with Crippen LogP contribution in [0, 0.1) is 11.8 Å². The van der Waals surface area contributed by atoms with Gasteiger partial charge in [-0.25, -0.2) is 0 Å². The van der Waals surface area contributed by atoms with E-state index in [4.69, 9.17) is 4.74 Å². The average molecular weight is 388 g/mol. The Hall–Kier alpha value is -1.39. The van der Waals surface area contributed by atoms with Gasteiger partial charge in [-0.1, -0.05) is 49.6 Å². The summed E-state index contributed by atoms with van der Waals surface area (Å²) in [5.74, 6) is 1.01. The maximum atomic E-state index is 12.3. The van der Waals surface area contributed by atoms with E-state index in [2.05, 4.69) is 35.6 Å². The molecule has 0 spiro atoms. The van der Waals surface area contributed by atoms with Crippen molar-refractivity contribution in [3.8, 4) is 0 Å². The Labute approximate surface area is 170 Å². The number of aliphatic hydroxyl groups is 1. The largest absolute Gasteiger partial charge is 0.459 e. The molecule has 4 heteroatoms. The van der Waals surface area contributed by atoms with Crippen molar-refractivity contribution in [1.29, 1.82) is 0 Å². The lowest BCUT2D eigenvalue weighted by atomic mass is 9.71. The molecule has 1 aromatic carbocycles. The van der Waals surface area contributed by atoms with Crippen molar-refractivity contribution < 1.29 is 14.6 Å². The van der Waals surface area contributed by atoms with E-state index in [-0.39, 0.29) is 24.7 Å². The summed E-state index contributed by atoms with van der Waals surface area (Å²) in [6, 6.07) is 10.6. The Bertz CT molecular complexity index is 631. The van der Waals surface area contributed by atoms with Gasteiger partial charge in [-0.2, -0.15) is 0 Å². The SMILES string of the molecule is CC(C)(C)OC(=O)CNC1([C@H]2C[C@H](CO)[C@@H](c3ccccc3)C2)CCCCC1. The number of carbonyl (C=O) groups excluding carboxylic acids is 1. The molecule has 3 atom stereocenters. The molecule has 0 heterocycles. The van der Waals surface area contributed by atoms with E-state index in [1.165, 1.54) is 24.8 Å². The zero-order valence-corrected chi connectivity index (χ0v) is 17.7. The fourth-order valence-corrected chi connectivity index (χ4v) is 5.42. The second-order valence-electron chi connectivity index (χ2n) is 9.78. The maximum Gasteiger partial charge on any atom is 0.320 e. The standard InChI is InChI=1S/C24H37NO3/c1-23(2,3)28-22(27)16-25-24(12-8-5-9-13-24)20-14-19(17-26)21(15-20)18-10-6-4-7-11-18/h4,6-7,10-11,19-21,25-26H,5,8-9,12-17H2,1-3H3/t19-,20+,21-/m1/s1. The number of esters is 1. The number of aliphatic hydroxyl groups excluding tert-OH is 1. The lowest BCUT2D eigenvalue weighted by molar-refractivity contribution is -0.154. The predicted molar refractivity (Wildman–Crippen MR) is 112 cm³/mol. The van der Waals surface area contributed by atoms with E-state index >= 15 is 0 Å². The first-order chi connectivity index (χ1) is 13.3. The molecule has 28 heavy (non-hydrogen) atoms. The van der Waals surface area contributed by atoms with Crippen molar-refractivity contribution in [3.63, 3.8) is 0 Å². The fraction of sp³-hybridized carbons (Fsp3) is 0.708.